The lowest BCUT2D eigenvalue weighted by Crippen LogP contribution is -2.43. The van der Waals surface area contributed by atoms with Crippen LogP contribution in [-0.2, 0) is 39.6 Å². The summed E-state index contributed by atoms with van der Waals surface area (Å²) in [5, 5.41) is 3.28. The smallest absolute Gasteiger partial charge is 0.492 e. The summed E-state index contributed by atoms with van der Waals surface area (Å²) >= 11 is 0. The first-order valence-corrected chi connectivity index (χ1v) is 18.8. The molecule has 0 aromatic heterocycles. The molecule has 5 rings (SSSR count). The zero-order valence-electron chi connectivity index (χ0n) is 27.7. The van der Waals surface area contributed by atoms with Crippen LogP contribution < -0.4 is 23.2 Å². The van der Waals surface area contributed by atoms with Gasteiger partial charge in [0.05, 0.1) is 0 Å². The Morgan fingerprint density at radius 1 is 0.745 bits per heavy atom. The molecule has 2 aliphatic rings. The van der Waals surface area contributed by atoms with Gasteiger partial charge in [0.25, 0.3) is 0 Å². The Bertz CT molecular complexity index is 1820. The minimum Gasteiger partial charge on any atom is -0.492 e. The van der Waals surface area contributed by atoms with E-state index in [9.17, 15) is 43.2 Å². The standard InChI is InChI=1S/C20H22F3NO4S.C13H16F3NO4S/c1-2-10-24(13-15-6-4-3-5-7-15)17-11-16-8-9-18(12-19(16)27-14-17)28-29(25,26)20(21,22)23;1-2-5-17-10-6-9-3-4-11(7-12(9)20-8-10)21-22(18,19)13(14,15)16/h3-9,12,17H,2,10-11,13-14H2,1H3;3-4,7,10,17H,2,5-6,8H2,1H3. The molecular formula is C33H38F6N2O8S2. The van der Waals surface area contributed by atoms with Crippen molar-refractivity contribution >= 4 is 20.2 Å². The van der Waals surface area contributed by atoms with Crippen molar-refractivity contribution in [1.29, 1.82) is 0 Å². The average Bonchev–Trinajstić information content (AvgIpc) is 3.06. The molecule has 0 aliphatic carbocycles. The summed E-state index contributed by atoms with van der Waals surface area (Å²) < 4.78 is 138. The number of hydrogen-bond acceptors (Lipinski definition) is 10. The van der Waals surface area contributed by atoms with E-state index in [1.807, 2.05) is 25.1 Å². The van der Waals surface area contributed by atoms with Crippen molar-refractivity contribution in [2.45, 2.75) is 69.2 Å². The number of nitrogens with zero attached hydrogens (tertiary/aromatic N) is 1. The minimum absolute atomic E-state index is 0.105. The van der Waals surface area contributed by atoms with Gasteiger partial charge in [0.1, 0.15) is 36.2 Å². The third-order valence-corrected chi connectivity index (χ3v) is 9.75. The molecule has 1 N–H and O–H groups in total. The maximum absolute atomic E-state index is 12.5. The molecule has 51 heavy (non-hydrogen) atoms. The fourth-order valence-corrected chi connectivity index (χ4v) is 6.25. The Morgan fingerprint density at radius 2 is 1.27 bits per heavy atom. The number of rotatable bonds is 12. The lowest BCUT2D eigenvalue weighted by atomic mass is 10.0. The van der Waals surface area contributed by atoms with Crippen LogP contribution in [0.3, 0.4) is 0 Å². The van der Waals surface area contributed by atoms with Gasteiger partial charge in [-0.3, -0.25) is 4.90 Å². The van der Waals surface area contributed by atoms with Crippen LogP contribution >= 0.6 is 0 Å². The first kappa shape index (κ1) is 40.0. The van der Waals surface area contributed by atoms with Gasteiger partial charge in [-0.05, 0) is 67.6 Å². The molecule has 0 saturated heterocycles. The summed E-state index contributed by atoms with van der Waals surface area (Å²) in [6.07, 6.45) is 3.25. The summed E-state index contributed by atoms with van der Waals surface area (Å²) in [6, 6.07) is 18.1. The first-order valence-electron chi connectivity index (χ1n) is 16.0. The number of nitrogens with one attached hydrogen (secondary N) is 1. The molecule has 0 spiro atoms. The van der Waals surface area contributed by atoms with E-state index in [2.05, 4.69) is 37.6 Å². The van der Waals surface area contributed by atoms with Crippen LogP contribution in [0.5, 0.6) is 23.0 Å². The number of fused-ring (bicyclic) bond motifs is 2. The van der Waals surface area contributed by atoms with Crippen molar-refractivity contribution in [2.24, 2.45) is 0 Å². The molecule has 0 radical (unpaired) electrons. The Balaban J connectivity index is 0.000000238. The van der Waals surface area contributed by atoms with Crippen LogP contribution in [0.25, 0.3) is 0 Å². The van der Waals surface area contributed by atoms with Gasteiger partial charge >= 0.3 is 31.3 Å². The predicted octanol–water partition coefficient (Wildman–Crippen LogP) is 6.35. The van der Waals surface area contributed by atoms with Crippen LogP contribution in [0.2, 0.25) is 0 Å². The second-order valence-corrected chi connectivity index (χ2v) is 14.9. The number of ether oxygens (including phenoxy) is 2. The molecule has 10 nitrogen and oxygen atoms in total. The minimum atomic E-state index is -5.71. The third-order valence-electron chi connectivity index (χ3n) is 7.79. The van der Waals surface area contributed by atoms with Gasteiger partial charge in [0, 0.05) is 30.8 Å². The third kappa shape index (κ3) is 10.9. The lowest BCUT2D eigenvalue weighted by molar-refractivity contribution is -0.0504. The van der Waals surface area contributed by atoms with E-state index < -0.39 is 42.8 Å². The van der Waals surface area contributed by atoms with Gasteiger partial charge in [0.2, 0.25) is 0 Å². The fraction of sp³-hybridized carbons (Fsp3) is 0.455. The van der Waals surface area contributed by atoms with E-state index in [-0.39, 0.29) is 12.1 Å². The molecule has 2 aliphatic heterocycles. The van der Waals surface area contributed by atoms with Gasteiger partial charge in [0.15, 0.2) is 0 Å². The number of halogens is 6. The number of alkyl halides is 6. The molecule has 3 aromatic carbocycles. The van der Waals surface area contributed by atoms with Crippen LogP contribution in [0.1, 0.15) is 43.4 Å². The van der Waals surface area contributed by atoms with Gasteiger partial charge in [-0.1, -0.05) is 56.3 Å². The molecule has 0 bridgehead atoms. The van der Waals surface area contributed by atoms with Crippen molar-refractivity contribution in [3.8, 4) is 23.0 Å². The predicted molar refractivity (Wildman–Crippen MR) is 176 cm³/mol. The van der Waals surface area contributed by atoms with Crippen molar-refractivity contribution in [3.05, 3.63) is 83.4 Å². The summed E-state index contributed by atoms with van der Waals surface area (Å²) in [5.74, 6) is -0.165. The largest absolute Gasteiger partial charge is 0.534 e. The highest BCUT2D eigenvalue weighted by Gasteiger charge is 2.49. The summed E-state index contributed by atoms with van der Waals surface area (Å²) in [7, 11) is -11.4. The molecule has 0 saturated carbocycles. The Hall–Kier alpha value is -3.74. The van der Waals surface area contributed by atoms with Crippen LogP contribution in [-0.4, -0.2) is 71.1 Å². The fourth-order valence-electron chi connectivity index (χ4n) is 5.35. The van der Waals surface area contributed by atoms with Gasteiger partial charge < -0.3 is 23.2 Å². The first-order chi connectivity index (χ1) is 23.9. The van der Waals surface area contributed by atoms with E-state index in [4.69, 9.17) is 9.47 Å². The summed E-state index contributed by atoms with van der Waals surface area (Å²) in [6.45, 7) is 7.34. The molecule has 3 aromatic rings. The molecule has 2 heterocycles. The van der Waals surface area contributed by atoms with E-state index in [1.54, 1.807) is 6.07 Å². The summed E-state index contributed by atoms with van der Waals surface area (Å²) in [5.41, 5.74) is -8.16. The van der Waals surface area contributed by atoms with Crippen molar-refractivity contribution in [2.75, 3.05) is 26.3 Å². The molecule has 2 atom stereocenters. The number of benzene rings is 3. The number of hydrogen-bond donors (Lipinski definition) is 1. The maximum Gasteiger partial charge on any atom is 0.534 e. The topological polar surface area (TPSA) is 120 Å². The van der Waals surface area contributed by atoms with E-state index in [0.717, 1.165) is 49.7 Å². The van der Waals surface area contributed by atoms with Gasteiger partial charge in [-0.25, -0.2) is 0 Å². The van der Waals surface area contributed by atoms with Crippen molar-refractivity contribution in [3.63, 3.8) is 0 Å². The average molecular weight is 769 g/mol. The molecule has 282 valence electrons. The lowest BCUT2D eigenvalue weighted by Gasteiger charge is -2.35. The van der Waals surface area contributed by atoms with Gasteiger partial charge in [-0.15, -0.1) is 0 Å². The van der Waals surface area contributed by atoms with Crippen LogP contribution in [0.15, 0.2) is 66.7 Å². The van der Waals surface area contributed by atoms with E-state index in [1.165, 1.54) is 29.8 Å². The van der Waals surface area contributed by atoms with Crippen molar-refractivity contribution < 1.29 is 61.0 Å². The highest BCUT2D eigenvalue weighted by Crippen LogP contribution is 2.35. The molecule has 0 amide bonds. The second-order valence-electron chi connectivity index (χ2n) is 11.8. The molecular weight excluding hydrogens is 730 g/mol. The van der Waals surface area contributed by atoms with Crippen LogP contribution in [0, 0.1) is 0 Å². The highest BCUT2D eigenvalue weighted by atomic mass is 32.2. The molecule has 0 fully saturated rings. The molecule has 2 unspecified atom stereocenters. The Kier molecular flexibility index (Phi) is 13.1. The van der Waals surface area contributed by atoms with Crippen LogP contribution in [0.4, 0.5) is 26.3 Å². The Labute approximate surface area is 292 Å². The quantitative estimate of drug-likeness (QED) is 0.127. The maximum atomic E-state index is 12.5. The SMILES string of the molecule is CCCN(Cc1ccccc1)C1COc2cc(OS(=O)(=O)C(F)(F)F)ccc2C1.CCCNC1COc2cc(OS(=O)(=O)C(F)(F)F)ccc2C1. The van der Waals surface area contributed by atoms with E-state index in [0.29, 0.717) is 37.6 Å². The van der Waals surface area contributed by atoms with Crippen molar-refractivity contribution in [1.82, 2.24) is 10.2 Å². The van der Waals surface area contributed by atoms with Gasteiger partial charge in [-0.2, -0.15) is 43.2 Å². The second kappa shape index (κ2) is 16.7. The summed E-state index contributed by atoms with van der Waals surface area (Å²) in [4.78, 5) is 2.32. The van der Waals surface area contributed by atoms with E-state index >= 15 is 0 Å². The Morgan fingerprint density at radius 3 is 1.78 bits per heavy atom. The monoisotopic (exact) mass is 768 g/mol. The zero-order chi connectivity index (χ0) is 37.5. The molecule has 18 heteroatoms. The zero-order valence-corrected chi connectivity index (χ0v) is 29.3. The normalized spacial score (nSPS) is 17.6. The highest BCUT2D eigenvalue weighted by molar-refractivity contribution is 7.88.